The molecule has 0 bridgehead atoms. The minimum absolute atomic E-state index is 0.0422. The van der Waals surface area contributed by atoms with E-state index in [4.69, 9.17) is 15.2 Å². The summed E-state index contributed by atoms with van der Waals surface area (Å²) in [7, 11) is 0. The molecule has 1 aliphatic carbocycles. The average Bonchev–Trinajstić information content (AvgIpc) is 2.49. The maximum atomic E-state index is 6.57. The van der Waals surface area contributed by atoms with Crippen molar-refractivity contribution in [1.29, 1.82) is 0 Å². The first-order valence-corrected chi connectivity index (χ1v) is 8.30. The van der Waals surface area contributed by atoms with Gasteiger partial charge in [0.2, 0.25) is 0 Å². The molecular weight excluding hydrogens is 262 g/mol. The number of rotatable bonds is 7. The molecular formula is C18H29NO2. The second kappa shape index (κ2) is 7.69. The van der Waals surface area contributed by atoms with Crippen LogP contribution in [0.3, 0.4) is 0 Å². The molecule has 118 valence electrons. The van der Waals surface area contributed by atoms with Crippen molar-refractivity contribution in [3.8, 4) is 11.5 Å². The Labute approximate surface area is 128 Å². The molecule has 0 heterocycles. The first kappa shape index (κ1) is 16.2. The van der Waals surface area contributed by atoms with Crippen LogP contribution in [-0.2, 0) is 0 Å². The molecule has 2 rings (SSSR count). The molecule has 0 amide bonds. The third-order valence-electron chi connectivity index (χ3n) is 4.57. The highest BCUT2D eigenvalue weighted by atomic mass is 16.5. The predicted octanol–water partition coefficient (Wildman–Crippen LogP) is 4.15. The van der Waals surface area contributed by atoms with Gasteiger partial charge in [-0.15, -0.1) is 0 Å². The molecule has 2 N–H and O–H groups in total. The summed E-state index contributed by atoms with van der Waals surface area (Å²) in [6, 6.07) is 7.85. The minimum Gasteiger partial charge on any atom is -0.490 e. The van der Waals surface area contributed by atoms with Crippen LogP contribution in [0.5, 0.6) is 11.5 Å². The summed E-state index contributed by atoms with van der Waals surface area (Å²) in [6.45, 7) is 5.57. The molecule has 1 aromatic rings. The number of nitrogens with two attached hydrogens (primary N) is 1. The molecule has 3 heteroatoms. The van der Waals surface area contributed by atoms with Crippen LogP contribution in [0.15, 0.2) is 24.3 Å². The van der Waals surface area contributed by atoms with Gasteiger partial charge in [-0.2, -0.15) is 0 Å². The summed E-state index contributed by atoms with van der Waals surface area (Å²) < 4.78 is 11.5. The second-order valence-corrected chi connectivity index (χ2v) is 6.21. The molecule has 0 aromatic heterocycles. The fourth-order valence-corrected chi connectivity index (χ4v) is 3.31. The molecule has 1 fully saturated rings. The van der Waals surface area contributed by atoms with Gasteiger partial charge >= 0.3 is 0 Å². The van der Waals surface area contributed by atoms with Crippen molar-refractivity contribution < 1.29 is 9.47 Å². The lowest BCUT2D eigenvalue weighted by atomic mass is 9.74. The van der Waals surface area contributed by atoms with E-state index in [0.717, 1.165) is 36.7 Å². The maximum Gasteiger partial charge on any atom is 0.161 e. The molecule has 2 unspecified atom stereocenters. The number of benzene rings is 1. The van der Waals surface area contributed by atoms with Crippen molar-refractivity contribution in [2.75, 3.05) is 13.2 Å². The van der Waals surface area contributed by atoms with Crippen molar-refractivity contribution in [2.45, 2.75) is 57.9 Å². The Bertz CT molecular complexity index is 435. The molecule has 21 heavy (non-hydrogen) atoms. The monoisotopic (exact) mass is 291 g/mol. The Hall–Kier alpha value is -1.22. The normalized spacial score (nSPS) is 25.6. The van der Waals surface area contributed by atoms with Crippen LogP contribution in [-0.4, -0.2) is 18.8 Å². The van der Waals surface area contributed by atoms with Gasteiger partial charge in [0, 0.05) is 5.54 Å². The first-order valence-electron chi connectivity index (χ1n) is 8.30. The Kier molecular flexibility index (Phi) is 5.92. The lowest BCUT2D eigenvalue weighted by molar-refractivity contribution is 0.172. The van der Waals surface area contributed by atoms with Gasteiger partial charge in [-0.3, -0.25) is 0 Å². The van der Waals surface area contributed by atoms with Crippen LogP contribution in [0.25, 0.3) is 0 Å². The largest absolute Gasteiger partial charge is 0.490 e. The van der Waals surface area contributed by atoms with Crippen molar-refractivity contribution in [3.63, 3.8) is 0 Å². The highest BCUT2D eigenvalue weighted by Gasteiger charge is 2.31. The molecule has 0 radical (unpaired) electrons. The molecule has 3 nitrogen and oxygen atoms in total. The number of hydrogen-bond donors (Lipinski definition) is 1. The molecule has 0 spiro atoms. The van der Waals surface area contributed by atoms with Crippen molar-refractivity contribution in [3.05, 3.63) is 24.3 Å². The zero-order valence-electron chi connectivity index (χ0n) is 13.4. The quantitative estimate of drug-likeness (QED) is 0.820. The Balaban J connectivity index is 1.86. The van der Waals surface area contributed by atoms with Gasteiger partial charge in [-0.05, 0) is 44.2 Å². The standard InChI is InChI=1S/C18H29NO2/c1-3-15-8-7-11-18(19,14-15)12-13-21-17-10-6-5-9-16(17)20-4-2/h5-6,9-10,15H,3-4,7-8,11-14,19H2,1-2H3. The minimum atomic E-state index is -0.0422. The van der Waals surface area contributed by atoms with E-state index in [-0.39, 0.29) is 5.54 Å². The number of hydrogen-bond acceptors (Lipinski definition) is 3. The predicted molar refractivity (Wildman–Crippen MR) is 86.9 cm³/mol. The highest BCUT2D eigenvalue weighted by Crippen LogP contribution is 2.35. The van der Waals surface area contributed by atoms with Gasteiger partial charge < -0.3 is 15.2 Å². The fraction of sp³-hybridized carbons (Fsp3) is 0.667. The van der Waals surface area contributed by atoms with Crippen LogP contribution in [0, 0.1) is 5.92 Å². The van der Waals surface area contributed by atoms with Crippen LogP contribution >= 0.6 is 0 Å². The lowest BCUT2D eigenvalue weighted by Crippen LogP contribution is -2.45. The number of para-hydroxylation sites is 2. The van der Waals surface area contributed by atoms with Crippen LogP contribution < -0.4 is 15.2 Å². The van der Waals surface area contributed by atoms with Gasteiger partial charge in [0.05, 0.1) is 13.2 Å². The highest BCUT2D eigenvalue weighted by molar-refractivity contribution is 5.39. The van der Waals surface area contributed by atoms with E-state index >= 15 is 0 Å². The number of ether oxygens (including phenoxy) is 2. The molecule has 1 saturated carbocycles. The Morgan fingerprint density at radius 3 is 2.57 bits per heavy atom. The summed E-state index contributed by atoms with van der Waals surface area (Å²) in [6.07, 6.45) is 7.02. The van der Waals surface area contributed by atoms with E-state index < -0.39 is 0 Å². The molecule has 1 aliphatic rings. The van der Waals surface area contributed by atoms with Gasteiger partial charge in [0.15, 0.2) is 11.5 Å². The summed E-state index contributed by atoms with van der Waals surface area (Å²) >= 11 is 0. The smallest absolute Gasteiger partial charge is 0.161 e. The van der Waals surface area contributed by atoms with Gasteiger partial charge in [0.25, 0.3) is 0 Å². The molecule has 2 atom stereocenters. The summed E-state index contributed by atoms with van der Waals surface area (Å²) in [4.78, 5) is 0. The van der Waals surface area contributed by atoms with E-state index in [1.54, 1.807) is 0 Å². The van der Waals surface area contributed by atoms with Crippen LogP contribution in [0.2, 0.25) is 0 Å². The summed E-state index contributed by atoms with van der Waals surface area (Å²) in [5, 5.41) is 0. The van der Waals surface area contributed by atoms with E-state index in [1.165, 1.54) is 19.3 Å². The molecule has 1 aromatic carbocycles. The topological polar surface area (TPSA) is 44.5 Å². The zero-order valence-corrected chi connectivity index (χ0v) is 13.4. The maximum absolute atomic E-state index is 6.57. The van der Waals surface area contributed by atoms with Crippen molar-refractivity contribution in [1.82, 2.24) is 0 Å². The Morgan fingerprint density at radius 1 is 1.19 bits per heavy atom. The van der Waals surface area contributed by atoms with E-state index in [9.17, 15) is 0 Å². The lowest BCUT2D eigenvalue weighted by Gasteiger charge is -2.37. The summed E-state index contributed by atoms with van der Waals surface area (Å²) in [5.41, 5.74) is 6.53. The van der Waals surface area contributed by atoms with Gasteiger partial charge in [-0.25, -0.2) is 0 Å². The van der Waals surface area contributed by atoms with E-state index in [2.05, 4.69) is 6.92 Å². The Morgan fingerprint density at radius 2 is 1.90 bits per heavy atom. The van der Waals surface area contributed by atoms with Crippen molar-refractivity contribution in [2.24, 2.45) is 11.7 Å². The third kappa shape index (κ3) is 4.63. The van der Waals surface area contributed by atoms with Gasteiger partial charge in [-0.1, -0.05) is 38.3 Å². The average molecular weight is 291 g/mol. The molecule has 0 saturated heterocycles. The third-order valence-corrected chi connectivity index (χ3v) is 4.57. The van der Waals surface area contributed by atoms with Crippen molar-refractivity contribution >= 4 is 0 Å². The fourth-order valence-electron chi connectivity index (χ4n) is 3.31. The first-order chi connectivity index (χ1) is 10.2. The second-order valence-electron chi connectivity index (χ2n) is 6.21. The molecule has 0 aliphatic heterocycles. The van der Waals surface area contributed by atoms with Crippen LogP contribution in [0.4, 0.5) is 0 Å². The summed E-state index contributed by atoms with van der Waals surface area (Å²) in [5.74, 6) is 2.44. The van der Waals surface area contributed by atoms with E-state index in [1.807, 2.05) is 31.2 Å². The SMILES string of the molecule is CCOc1ccccc1OCCC1(N)CCCC(CC)C1. The van der Waals surface area contributed by atoms with Gasteiger partial charge in [0.1, 0.15) is 0 Å². The van der Waals surface area contributed by atoms with E-state index in [0.29, 0.717) is 13.2 Å². The van der Waals surface area contributed by atoms with Crippen LogP contribution in [0.1, 0.15) is 52.4 Å². The zero-order chi connectivity index (χ0) is 15.1.